The van der Waals surface area contributed by atoms with E-state index in [-0.39, 0.29) is 60.4 Å². The quantitative estimate of drug-likeness (QED) is 0.231. The number of rotatable bonds is 10. The van der Waals surface area contributed by atoms with Gasteiger partial charge in [-0.25, -0.2) is 13.6 Å². The lowest BCUT2D eigenvalue weighted by Gasteiger charge is -2.62. The highest BCUT2D eigenvalue weighted by Crippen LogP contribution is 2.70. The molecule has 16 heteroatoms. The molecule has 1 aromatic heterocycles. The van der Waals surface area contributed by atoms with Crippen molar-refractivity contribution in [3.8, 4) is 5.75 Å². The molecule has 14 nitrogen and oxygen atoms in total. The van der Waals surface area contributed by atoms with Gasteiger partial charge in [0.25, 0.3) is 0 Å². The molecule has 8 atom stereocenters. The first-order valence-corrected chi connectivity index (χ1v) is 20.8. The van der Waals surface area contributed by atoms with Crippen LogP contribution in [-0.2, 0) is 28.7 Å². The van der Waals surface area contributed by atoms with Crippen molar-refractivity contribution in [1.82, 2.24) is 9.88 Å². The summed E-state index contributed by atoms with van der Waals surface area (Å²) in [5.41, 5.74) is -7.02. The van der Waals surface area contributed by atoms with E-state index in [0.29, 0.717) is 37.1 Å². The standard InChI is InChI=1S/C44H51F2N3O11/c1-23-20-48(16-15-47-23)37-31(45)18-27-36(39(37)58-4)49(25-6-7-25)21-28(38(27)56)40(57)59-34(54)9-10-35(55)60-43(33(53)22-50)14-12-29-30-8-5-24-17-26(51)11-13-41(24,2)44(30,46)32(52)19-42(29,43)3/h11,13,17-18,21,23,25,29-30,32,47,50,52H,5-10,12,14-16,19-20,22H2,1-4H3/t23?,29-,30?,32-,41-,42-,43-,44-/m0/s1. The summed E-state index contributed by atoms with van der Waals surface area (Å²) >= 11 is 0. The number of aliphatic hydroxyl groups excluding tert-OH is 2. The summed E-state index contributed by atoms with van der Waals surface area (Å²) in [5.74, 6) is -6.48. The van der Waals surface area contributed by atoms with Gasteiger partial charge in [0.05, 0.1) is 37.0 Å². The molecule has 6 aliphatic rings. The van der Waals surface area contributed by atoms with Crippen LogP contribution in [0.25, 0.3) is 10.9 Å². The number of ether oxygens (including phenoxy) is 3. The van der Waals surface area contributed by atoms with Crippen molar-refractivity contribution in [3.63, 3.8) is 0 Å². The number of ketones is 2. The van der Waals surface area contributed by atoms with E-state index >= 15 is 8.78 Å². The van der Waals surface area contributed by atoms with Crippen LogP contribution in [0.15, 0.2) is 40.9 Å². The Hall–Kier alpha value is -4.80. The predicted octanol–water partition coefficient (Wildman–Crippen LogP) is 3.96. The number of piperazine rings is 1. The normalized spacial score (nSPS) is 33.4. The molecular weight excluding hydrogens is 784 g/mol. The summed E-state index contributed by atoms with van der Waals surface area (Å²) < 4.78 is 51.9. The number of alkyl halides is 1. The van der Waals surface area contributed by atoms with Crippen LogP contribution >= 0.6 is 0 Å². The Balaban J connectivity index is 0.995. The number of allylic oxidation sites excluding steroid dienone is 4. The van der Waals surface area contributed by atoms with Gasteiger partial charge in [0.15, 0.2) is 28.6 Å². The molecule has 4 saturated carbocycles. The molecule has 3 N–H and O–H groups in total. The van der Waals surface area contributed by atoms with Crippen LogP contribution in [0.5, 0.6) is 5.75 Å². The fourth-order valence-electron chi connectivity index (χ4n) is 11.5. The highest BCUT2D eigenvalue weighted by molar-refractivity contribution is 6.02. The number of pyridine rings is 1. The number of esters is 3. The van der Waals surface area contributed by atoms with Gasteiger partial charge in [-0.15, -0.1) is 0 Å². The van der Waals surface area contributed by atoms with Gasteiger partial charge in [-0.1, -0.05) is 18.6 Å². The van der Waals surface area contributed by atoms with Crippen molar-refractivity contribution < 1.29 is 57.2 Å². The van der Waals surface area contributed by atoms with E-state index in [2.05, 4.69) is 5.32 Å². The van der Waals surface area contributed by atoms with Gasteiger partial charge in [0.1, 0.15) is 17.9 Å². The third kappa shape index (κ3) is 6.26. The van der Waals surface area contributed by atoms with Crippen molar-refractivity contribution in [3.05, 3.63) is 57.7 Å². The second-order valence-corrected chi connectivity index (χ2v) is 17.9. The summed E-state index contributed by atoms with van der Waals surface area (Å²) in [4.78, 5) is 81.6. The molecule has 2 heterocycles. The summed E-state index contributed by atoms with van der Waals surface area (Å²) in [5, 5.41) is 25.0. The number of aromatic nitrogens is 1. The first kappa shape index (κ1) is 41.9. The maximum Gasteiger partial charge on any atom is 0.351 e. The first-order chi connectivity index (χ1) is 28.4. The van der Waals surface area contributed by atoms with Gasteiger partial charge in [-0.05, 0) is 82.9 Å². The zero-order valence-corrected chi connectivity index (χ0v) is 34.2. The highest BCUT2D eigenvalue weighted by Gasteiger charge is 2.75. The minimum atomic E-state index is -2.20. The molecule has 0 amide bonds. The largest absolute Gasteiger partial charge is 0.492 e. The van der Waals surface area contributed by atoms with E-state index in [1.807, 2.05) is 11.8 Å². The van der Waals surface area contributed by atoms with Crippen LogP contribution in [0.4, 0.5) is 14.5 Å². The van der Waals surface area contributed by atoms with Crippen molar-refractivity contribution >= 4 is 46.1 Å². The van der Waals surface area contributed by atoms with Crippen LogP contribution in [-0.4, -0.2) is 101 Å². The van der Waals surface area contributed by atoms with Gasteiger partial charge in [0.2, 0.25) is 11.2 Å². The molecule has 0 radical (unpaired) electrons. The summed E-state index contributed by atoms with van der Waals surface area (Å²) in [6, 6.07) is 1.02. The number of methoxy groups -OCH3 is 1. The predicted molar refractivity (Wildman–Crippen MR) is 212 cm³/mol. The number of aliphatic hydroxyl groups is 2. The van der Waals surface area contributed by atoms with E-state index in [9.17, 15) is 39.0 Å². The van der Waals surface area contributed by atoms with E-state index in [4.69, 9.17) is 14.2 Å². The second-order valence-electron chi connectivity index (χ2n) is 17.9. The third-order valence-corrected chi connectivity index (χ3v) is 14.6. The molecule has 322 valence electrons. The minimum absolute atomic E-state index is 0.0638. The zero-order chi connectivity index (χ0) is 43.1. The number of nitrogens with one attached hydrogen (secondary N) is 1. The van der Waals surface area contributed by atoms with Crippen molar-refractivity contribution in [2.75, 3.05) is 38.3 Å². The molecule has 1 aromatic carbocycles. The molecule has 2 aromatic rings. The number of halogens is 2. The average Bonchev–Trinajstić information content (AvgIpc) is 4.01. The van der Waals surface area contributed by atoms with Crippen molar-refractivity contribution in [1.29, 1.82) is 0 Å². The highest BCUT2D eigenvalue weighted by atomic mass is 19.1. The maximum atomic E-state index is 17.6. The van der Waals surface area contributed by atoms with Crippen molar-refractivity contribution in [2.45, 2.75) is 108 Å². The lowest BCUT2D eigenvalue weighted by atomic mass is 9.44. The minimum Gasteiger partial charge on any atom is -0.492 e. The van der Waals surface area contributed by atoms with Gasteiger partial charge in [-0.3, -0.25) is 24.0 Å². The van der Waals surface area contributed by atoms with E-state index < -0.39 is 100.0 Å². The van der Waals surface area contributed by atoms with Gasteiger partial charge >= 0.3 is 17.9 Å². The Morgan fingerprint density at radius 2 is 1.78 bits per heavy atom. The second kappa shape index (κ2) is 15.0. The Morgan fingerprint density at radius 3 is 2.47 bits per heavy atom. The first-order valence-electron chi connectivity index (χ1n) is 20.8. The van der Waals surface area contributed by atoms with Gasteiger partial charge in [-0.2, -0.15) is 0 Å². The molecule has 8 rings (SSSR count). The number of hydrogen-bond acceptors (Lipinski definition) is 13. The fraction of sp³-hybridized carbons (Fsp3) is 0.591. The molecule has 0 spiro atoms. The van der Waals surface area contributed by atoms with Crippen LogP contribution in [0.2, 0.25) is 0 Å². The zero-order valence-electron chi connectivity index (χ0n) is 34.2. The Kier molecular flexibility index (Phi) is 10.5. The third-order valence-electron chi connectivity index (χ3n) is 14.6. The number of nitrogens with zero attached hydrogens (tertiary/aromatic N) is 2. The molecule has 1 aliphatic heterocycles. The van der Waals surface area contributed by atoms with E-state index in [1.165, 1.54) is 31.5 Å². The summed E-state index contributed by atoms with van der Waals surface area (Å²) in [7, 11) is 1.39. The number of fused-ring (bicyclic) bond motifs is 6. The van der Waals surface area contributed by atoms with Crippen LogP contribution in [0.1, 0.15) is 95.0 Å². The fourth-order valence-corrected chi connectivity index (χ4v) is 11.5. The Morgan fingerprint density at radius 1 is 1.05 bits per heavy atom. The lowest BCUT2D eigenvalue weighted by molar-refractivity contribution is -0.225. The number of benzene rings is 1. The molecule has 1 saturated heterocycles. The Labute approximate surface area is 344 Å². The topological polar surface area (TPSA) is 191 Å². The molecule has 60 heavy (non-hydrogen) atoms. The molecule has 5 aliphatic carbocycles. The molecule has 0 bridgehead atoms. The van der Waals surface area contributed by atoms with Gasteiger partial charge < -0.3 is 39.2 Å². The summed E-state index contributed by atoms with van der Waals surface area (Å²) in [6.07, 6.45) is 4.53. The van der Waals surface area contributed by atoms with Crippen molar-refractivity contribution in [2.24, 2.45) is 22.7 Å². The smallest absolute Gasteiger partial charge is 0.351 e. The van der Waals surface area contributed by atoms with Crippen LogP contribution in [0.3, 0.4) is 0 Å². The molecule has 5 fully saturated rings. The molecular formula is C44H51F2N3O11. The molecule has 2 unspecified atom stereocenters. The van der Waals surface area contributed by atoms with E-state index in [1.54, 1.807) is 18.4 Å². The average molecular weight is 836 g/mol. The number of carbonyl (C=O) groups excluding carboxylic acids is 5. The van der Waals surface area contributed by atoms with E-state index in [0.717, 1.165) is 18.9 Å². The maximum absolute atomic E-state index is 17.6. The summed E-state index contributed by atoms with van der Waals surface area (Å²) in [6.45, 7) is 5.90. The lowest BCUT2D eigenvalue weighted by Crippen LogP contribution is -2.69. The SMILES string of the molecule is COc1c(N2CCNC(C)C2)c(F)cc2c(=O)c(C(=O)OC(=O)CCC(=O)O[C@]3(C(=O)CO)CC[C@H]4C5CCC6=CC(=O)C=C[C@]6(C)[C@@]5(F)[C@@H](O)C[C@@]43C)cn(C3CC3)c12. The number of hydrogen-bond donors (Lipinski definition) is 3. The monoisotopic (exact) mass is 835 g/mol. The van der Waals surface area contributed by atoms with Crippen LogP contribution < -0.4 is 20.4 Å². The van der Waals surface area contributed by atoms with Crippen LogP contribution in [0, 0.1) is 28.5 Å². The van der Waals surface area contributed by atoms with Gasteiger partial charge in [0, 0.05) is 54.7 Å². The number of carbonyl (C=O) groups is 5. The Bertz CT molecular complexity index is 2320. The number of Topliss-reactive ketones (excluding diaryl/α,β-unsaturated/α-hetero) is 1. The number of anilines is 1.